The van der Waals surface area contributed by atoms with Gasteiger partial charge in [0.25, 0.3) is 5.56 Å². The van der Waals surface area contributed by atoms with Crippen molar-refractivity contribution in [1.29, 1.82) is 0 Å². The average molecular weight is 619 g/mol. The van der Waals surface area contributed by atoms with E-state index in [1.54, 1.807) is 67.0 Å². The van der Waals surface area contributed by atoms with Crippen LogP contribution < -0.4 is 16.2 Å². The maximum atomic E-state index is 14.2. The minimum Gasteiger partial charge on any atom is -0.444 e. The number of aryl methyl sites for hydroxylation is 1. The van der Waals surface area contributed by atoms with Gasteiger partial charge in [-0.05, 0) is 53.2 Å². The summed E-state index contributed by atoms with van der Waals surface area (Å²) in [6, 6.07) is 6.82. The molecule has 230 valence electrons. The lowest BCUT2D eigenvalue weighted by Crippen LogP contribution is -2.41. The molecule has 1 aliphatic heterocycles. The number of anilines is 1. The maximum Gasteiger partial charge on any atom is 0.408 e. The molecule has 12 nitrogen and oxygen atoms in total. The largest absolute Gasteiger partial charge is 0.444 e. The fraction of sp³-hybridized carbons (Fsp3) is 0.387. The normalized spacial score (nSPS) is 15.0. The molecule has 4 heterocycles. The summed E-state index contributed by atoms with van der Waals surface area (Å²) in [5.74, 6) is 0.128. The first-order valence-electron chi connectivity index (χ1n) is 14.4. The number of ether oxygens (including phenoxy) is 1. The Labute approximate surface area is 259 Å². The van der Waals surface area contributed by atoms with Gasteiger partial charge in [-0.2, -0.15) is 4.98 Å². The minimum atomic E-state index is -0.676. The van der Waals surface area contributed by atoms with E-state index in [0.717, 1.165) is 11.3 Å². The molecule has 1 saturated heterocycles. The van der Waals surface area contributed by atoms with Crippen LogP contribution in [0, 0.1) is 6.92 Å². The summed E-state index contributed by atoms with van der Waals surface area (Å²) in [5, 5.41) is 6.66. The van der Waals surface area contributed by atoms with E-state index in [1.807, 2.05) is 19.9 Å². The zero-order valence-corrected chi connectivity index (χ0v) is 26.1. The smallest absolute Gasteiger partial charge is 0.408 e. The van der Waals surface area contributed by atoms with Gasteiger partial charge in [-0.1, -0.05) is 23.7 Å². The fourth-order valence-electron chi connectivity index (χ4n) is 5.14. The Morgan fingerprint density at radius 3 is 2.61 bits per heavy atom. The van der Waals surface area contributed by atoms with Gasteiger partial charge in [0.15, 0.2) is 0 Å². The van der Waals surface area contributed by atoms with Gasteiger partial charge >= 0.3 is 6.09 Å². The van der Waals surface area contributed by atoms with Crippen molar-refractivity contribution in [2.24, 2.45) is 0 Å². The Balaban J connectivity index is 1.49. The molecular formula is C31H35ClN8O4. The van der Waals surface area contributed by atoms with E-state index in [9.17, 15) is 14.4 Å². The van der Waals surface area contributed by atoms with Crippen molar-refractivity contribution in [3.63, 3.8) is 0 Å². The van der Waals surface area contributed by atoms with Gasteiger partial charge in [0, 0.05) is 59.1 Å². The van der Waals surface area contributed by atoms with Crippen LogP contribution in [0.2, 0.25) is 5.02 Å². The predicted octanol–water partition coefficient (Wildman–Crippen LogP) is 4.61. The molecule has 5 rings (SSSR count). The number of rotatable bonds is 7. The second-order valence-electron chi connectivity index (χ2n) is 11.6. The number of benzene rings is 1. The van der Waals surface area contributed by atoms with Gasteiger partial charge in [0.1, 0.15) is 17.8 Å². The molecule has 0 spiro atoms. The van der Waals surface area contributed by atoms with Crippen LogP contribution in [0.5, 0.6) is 0 Å². The summed E-state index contributed by atoms with van der Waals surface area (Å²) in [6.07, 6.45) is 4.87. The van der Waals surface area contributed by atoms with Gasteiger partial charge in [-0.25, -0.2) is 14.8 Å². The second-order valence-corrected chi connectivity index (χ2v) is 12.0. The third-order valence-electron chi connectivity index (χ3n) is 7.08. The minimum absolute atomic E-state index is 0.211. The molecule has 1 unspecified atom stereocenters. The molecule has 0 bridgehead atoms. The molecular weight excluding hydrogens is 584 g/mol. The number of carbonyl (C=O) groups excluding carboxylic acids is 2. The van der Waals surface area contributed by atoms with Gasteiger partial charge in [-0.3, -0.25) is 19.1 Å². The van der Waals surface area contributed by atoms with Crippen LogP contribution in [-0.4, -0.2) is 73.2 Å². The van der Waals surface area contributed by atoms with E-state index >= 15 is 0 Å². The Kier molecular flexibility index (Phi) is 8.82. The molecule has 0 aliphatic carbocycles. The van der Waals surface area contributed by atoms with Crippen molar-refractivity contribution in [3.8, 4) is 22.4 Å². The third-order valence-corrected chi connectivity index (χ3v) is 7.39. The summed E-state index contributed by atoms with van der Waals surface area (Å²) < 4.78 is 6.87. The molecule has 0 radical (unpaired) electrons. The van der Waals surface area contributed by atoms with Crippen molar-refractivity contribution in [2.75, 3.05) is 31.5 Å². The van der Waals surface area contributed by atoms with E-state index in [-0.39, 0.29) is 30.6 Å². The van der Waals surface area contributed by atoms with Crippen LogP contribution in [0.1, 0.15) is 45.9 Å². The summed E-state index contributed by atoms with van der Waals surface area (Å²) >= 11 is 6.79. The standard InChI is InChI=1S/C31H35ClN8O4/c1-6-34-29-35-14-20-11-23(22-8-7-19(12-24(22)32)25-15-33-13-18(2)37-25)28(42)40(27(20)38-29)21-9-10-39(17-21)26(41)16-36-30(43)44-31(3,4)5/h7-8,11-15,21H,6,9-10,16-17H2,1-5H3,(H,36,43)(H,34,35,38). The van der Waals surface area contributed by atoms with Gasteiger partial charge in [0.05, 0.1) is 23.6 Å². The molecule has 2 amide bonds. The maximum absolute atomic E-state index is 14.2. The number of nitrogens with zero attached hydrogens (tertiary/aromatic N) is 6. The van der Waals surface area contributed by atoms with Crippen molar-refractivity contribution in [3.05, 3.63) is 63.9 Å². The number of alkyl carbamates (subject to hydrolysis) is 1. The molecule has 13 heteroatoms. The van der Waals surface area contributed by atoms with E-state index < -0.39 is 11.7 Å². The van der Waals surface area contributed by atoms with Gasteiger partial charge in [0.2, 0.25) is 11.9 Å². The Bertz CT molecular complexity index is 1790. The molecule has 1 aliphatic rings. The number of hydrogen-bond donors (Lipinski definition) is 2. The number of likely N-dealkylation sites (tertiary alicyclic amines) is 1. The summed E-state index contributed by atoms with van der Waals surface area (Å²) in [6.45, 7) is 10.1. The topological polar surface area (TPSA) is 144 Å². The third kappa shape index (κ3) is 6.80. The number of amides is 2. The fourth-order valence-corrected chi connectivity index (χ4v) is 5.43. The molecule has 2 N–H and O–H groups in total. The van der Waals surface area contributed by atoms with Crippen LogP contribution in [-0.2, 0) is 9.53 Å². The lowest BCUT2D eigenvalue weighted by molar-refractivity contribution is -0.129. The van der Waals surface area contributed by atoms with Crippen LogP contribution >= 0.6 is 11.6 Å². The first-order valence-corrected chi connectivity index (χ1v) is 14.8. The highest BCUT2D eigenvalue weighted by Gasteiger charge is 2.31. The zero-order chi connectivity index (χ0) is 31.6. The van der Waals surface area contributed by atoms with Crippen LogP contribution in [0.15, 0.2) is 47.7 Å². The van der Waals surface area contributed by atoms with Gasteiger partial charge in [-0.15, -0.1) is 0 Å². The van der Waals surface area contributed by atoms with Crippen molar-refractivity contribution in [2.45, 2.75) is 52.7 Å². The lowest BCUT2D eigenvalue weighted by atomic mass is 10.0. The zero-order valence-electron chi connectivity index (χ0n) is 25.3. The van der Waals surface area contributed by atoms with Gasteiger partial charge < -0.3 is 20.3 Å². The number of aromatic nitrogens is 5. The first kappa shape index (κ1) is 30.9. The number of pyridine rings is 1. The predicted molar refractivity (Wildman–Crippen MR) is 169 cm³/mol. The highest BCUT2D eigenvalue weighted by Crippen LogP contribution is 2.33. The van der Waals surface area contributed by atoms with Crippen LogP contribution in [0.25, 0.3) is 33.4 Å². The number of fused-ring (bicyclic) bond motifs is 1. The first-order chi connectivity index (χ1) is 20.9. The number of hydrogen-bond acceptors (Lipinski definition) is 9. The average Bonchev–Trinajstić information content (AvgIpc) is 3.45. The number of halogens is 1. The quantitative estimate of drug-likeness (QED) is 0.303. The lowest BCUT2D eigenvalue weighted by Gasteiger charge is -2.22. The Hall–Kier alpha value is -4.58. The molecule has 1 atom stereocenters. The van der Waals surface area contributed by atoms with E-state index in [0.29, 0.717) is 58.3 Å². The van der Waals surface area contributed by atoms with Crippen molar-refractivity contribution < 1.29 is 14.3 Å². The highest BCUT2D eigenvalue weighted by molar-refractivity contribution is 6.33. The van der Waals surface area contributed by atoms with Crippen molar-refractivity contribution >= 4 is 40.6 Å². The monoisotopic (exact) mass is 618 g/mol. The van der Waals surface area contributed by atoms with E-state index in [2.05, 4.69) is 30.6 Å². The van der Waals surface area contributed by atoms with Crippen molar-refractivity contribution in [1.82, 2.24) is 34.7 Å². The summed E-state index contributed by atoms with van der Waals surface area (Å²) in [4.78, 5) is 58.8. The van der Waals surface area contributed by atoms with Crippen LogP contribution in [0.3, 0.4) is 0 Å². The molecule has 0 saturated carbocycles. The summed E-state index contributed by atoms with van der Waals surface area (Å²) in [5.41, 5.74) is 2.68. The van der Waals surface area contributed by atoms with Crippen LogP contribution in [0.4, 0.5) is 10.7 Å². The molecule has 44 heavy (non-hydrogen) atoms. The van der Waals surface area contributed by atoms with E-state index in [4.69, 9.17) is 16.3 Å². The molecule has 1 aromatic carbocycles. The number of carbonyl (C=O) groups is 2. The second kappa shape index (κ2) is 12.6. The SMILES string of the molecule is CCNc1ncc2cc(-c3ccc(-c4cncc(C)n4)cc3Cl)c(=O)n(C3CCN(C(=O)CNC(=O)OC(C)(C)C)C3)c2n1. The molecule has 3 aromatic heterocycles. The Morgan fingerprint density at radius 2 is 1.91 bits per heavy atom. The molecule has 4 aromatic rings. The summed E-state index contributed by atoms with van der Waals surface area (Å²) in [7, 11) is 0. The van der Waals surface area contributed by atoms with E-state index in [1.165, 1.54) is 0 Å². The number of nitrogens with one attached hydrogen (secondary N) is 2. The molecule has 1 fully saturated rings. The highest BCUT2D eigenvalue weighted by atomic mass is 35.5. The Morgan fingerprint density at radius 1 is 1.11 bits per heavy atom.